The molecule has 1 atom stereocenters. The highest BCUT2D eigenvalue weighted by Gasteiger charge is 2.23. The standard InChI is InChI=1S/C23H26N4OS/c1-26(19-11-5-3-6-12-19)17-21(29-22-15-9-10-16-24-22)23(28)25-18-27(2)20-13-7-4-8-14-20/h3-16,21H,17-18H2,1-2H3,(H,25,28). The molecule has 0 spiro atoms. The molecule has 6 heteroatoms. The van der Waals surface area contributed by atoms with Crippen LogP contribution in [0.25, 0.3) is 0 Å². The average Bonchev–Trinajstić information content (AvgIpc) is 2.78. The molecular formula is C23H26N4OS. The van der Waals surface area contributed by atoms with E-state index in [1.807, 2.05) is 97.9 Å². The van der Waals surface area contributed by atoms with Crippen LogP contribution < -0.4 is 15.1 Å². The van der Waals surface area contributed by atoms with Crippen molar-refractivity contribution in [1.82, 2.24) is 10.3 Å². The highest BCUT2D eigenvalue weighted by molar-refractivity contribution is 8.00. The SMILES string of the molecule is CN(CNC(=O)C(CN(C)c1ccccc1)Sc1ccccn1)c1ccccc1. The monoisotopic (exact) mass is 406 g/mol. The van der Waals surface area contributed by atoms with Gasteiger partial charge in [0.2, 0.25) is 5.91 Å². The molecule has 0 fully saturated rings. The number of carbonyl (C=O) groups is 1. The van der Waals surface area contributed by atoms with E-state index in [1.54, 1.807) is 6.20 Å². The molecule has 0 saturated carbocycles. The Morgan fingerprint density at radius 2 is 1.48 bits per heavy atom. The highest BCUT2D eigenvalue weighted by Crippen LogP contribution is 2.23. The van der Waals surface area contributed by atoms with E-state index in [9.17, 15) is 4.79 Å². The third kappa shape index (κ3) is 6.26. The van der Waals surface area contributed by atoms with E-state index in [2.05, 4.69) is 15.2 Å². The number of nitrogens with one attached hydrogen (secondary N) is 1. The van der Waals surface area contributed by atoms with E-state index in [1.165, 1.54) is 11.8 Å². The molecular weight excluding hydrogens is 380 g/mol. The van der Waals surface area contributed by atoms with Crippen LogP contribution in [0.1, 0.15) is 0 Å². The summed E-state index contributed by atoms with van der Waals surface area (Å²) in [5.74, 6) is -0.00813. The number of rotatable bonds is 9. The molecule has 0 aliphatic heterocycles. The Labute approximate surface area is 176 Å². The molecule has 150 valence electrons. The summed E-state index contributed by atoms with van der Waals surface area (Å²) in [6, 6.07) is 25.8. The number of para-hydroxylation sites is 2. The molecule has 1 aromatic heterocycles. The van der Waals surface area contributed by atoms with Crippen molar-refractivity contribution in [3.8, 4) is 0 Å². The van der Waals surface area contributed by atoms with Crippen LogP contribution >= 0.6 is 11.8 Å². The fraction of sp³-hybridized carbons (Fsp3) is 0.217. The number of amides is 1. The Balaban J connectivity index is 1.67. The lowest BCUT2D eigenvalue weighted by molar-refractivity contribution is -0.120. The van der Waals surface area contributed by atoms with Gasteiger partial charge in [-0.3, -0.25) is 4.79 Å². The summed E-state index contributed by atoms with van der Waals surface area (Å²) in [5, 5.41) is 3.62. The molecule has 0 radical (unpaired) electrons. The largest absolute Gasteiger partial charge is 0.373 e. The van der Waals surface area contributed by atoms with Gasteiger partial charge >= 0.3 is 0 Å². The van der Waals surface area contributed by atoms with Crippen molar-refractivity contribution in [2.75, 3.05) is 37.1 Å². The summed E-state index contributed by atoms with van der Waals surface area (Å²) in [5.41, 5.74) is 2.14. The Kier molecular flexibility index (Phi) is 7.53. The smallest absolute Gasteiger partial charge is 0.236 e. The lowest BCUT2D eigenvalue weighted by Crippen LogP contribution is -2.44. The zero-order valence-corrected chi connectivity index (χ0v) is 17.5. The van der Waals surface area contributed by atoms with Gasteiger partial charge in [0.1, 0.15) is 5.25 Å². The molecule has 0 aliphatic carbocycles. The minimum atomic E-state index is -0.292. The van der Waals surface area contributed by atoms with Gasteiger partial charge < -0.3 is 15.1 Å². The second kappa shape index (κ2) is 10.5. The number of pyridine rings is 1. The predicted molar refractivity (Wildman–Crippen MR) is 121 cm³/mol. The maximum Gasteiger partial charge on any atom is 0.236 e. The van der Waals surface area contributed by atoms with Crippen LogP contribution in [0.5, 0.6) is 0 Å². The quantitative estimate of drug-likeness (QED) is 0.432. The van der Waals surface area contributed by atoms with E-state index < -0.39 is 0 Å². The molecule has 1 N–H and O–H groups in total. The zero-order chi connectivity index (χ0) is 20.5. The molecule has 3 rings (SSSR count). The predicted octanol–water partition coefficient (Wildman–Crippen LogP) is 3.89. The fourth-order valence-corrected chi connectivity index (χ4v) is 3.92. The maximum absolute atomic E-state index is 13.0. The summed E-state index contributed by atoms with van der Waals surface area (Å²) in [4.78, 5) is 21.5. The number of thioether (sulfide) groups is 1. The summed E-state index contributed by atoms with van der Waals surface area (Å²) in [7, 11) is 3.97. The van der Waals surface area contributed by atoms with Crippen LogP contribution in [0.15, 0.2) is 90.1 Å². The minimum absolute atomic E-state index is 0.00813. The van der Waals surface area contributed by atoms with Crippen molar-refractivity contribution in [2.45, 2.75) is 10.3 Å². The van der Waals surface area contributed by atoms with Gasteiger partial charge in [0.05, 0.1) is 11.7 Å². The van der Waals surface area contributed by atoms with E-state index >= 15 is 0 Å². The molecule has 0 bridgehead atoms. The number of hydrogen-bond acceptors (Lipinski definition) is 5. The van der Waals surface area contributed by atoms with Crippen LogP contribution in [0.2, 0.25) is 0 Å². The van der Waals surface area contributed by atoms with Gasteiger partial charge in [0.15, 0.2) is 0 Å². The number of nitrogens with zero attached hydrogens (tertiary/aromatic N) is 3. The molecule has 1 unspecified atom stereocenters. The van der Waals surface area contributed by atoms with Crippen LogP contribution in [0, 0.1) is 0 Å². The second-order valence-electron chi connectivity index (χ2n) is 6.72. The third-order valence-corrected chi connectivity index (χ3v) is 5.65. The lowest BCUT2D eigenvalue weighted by Gasteiger charge is -2.26. The Hall–Kier alpha value is -2.99. The normalized spacial score (nSPS) is 11.5. The van der Waals surface area contributed by atoms with Gasteiger partial charge in [0, 0.05) is 38.2 Å². The molecule has 5 nitrogen and oxygen atoms in total. The van der Waals surface area contributed by atoms with Crippen LogP contribution in [0.3, 0.4) is 0 Å². The molecule has 1 heterocycles. The fourth-order valence-electron chi connectivity index (χ4n) is 2.86. The highest BCUT2D eigenvalue weighted by atomic mass is 32.2. The summed E-state index contributed by atoms with van der Waals surface area (Å²) >= 11 is 1.48. The summed E-state index contributed by atoms with van der Waals surface area (Å²) < 4.78 is 0. The second-order valence-corrected chi connectivity index (χ2v) is 7.95. The number of hydrogen-bond donors (Lipinski definition) is 1. The number of carbonyl (C=O) groups excluding carboxylic acids is 1. The van der Waals surface area contributed by atoms with Crippen molar-refractivity contribution in [3.05, 3.63) is 85.1 Å². The number of aromatic nitrogens is 1. The topological polar surface area (TPSA) is 48.5 Å². The van der Waals surface area contributed by atoms with Crippen molar-refractivity contribution in [3.63, 3.8) is 0 Å². The summed E-state index contributed by atoms with van der Waals surface area (Å²) in [6.45, 7) is 1.02. The van der Waals surface area contributed by atoms with Gasteiger partial charge in [-0.05, 0) is 36.4 Å². The first-order valence-electron chi connectivity index (χ1n) is 9.51. The molecule has 3 aromatic rings. The maximum atomic E-state index is 13.0. The Morgan fingerprint density at radius 3 is 2.07 bits per heavy atom. The molecule has 1 amide bonds. The van der Waals surface area contributed by atoms with Crippen LogP contribution in [0.4, 0.5) is 11.4 Å². The van der Waals surface area contributed by atoms with Crippen molar-refractivity contribution in [1.29, 1.82) is 0 Å². The van der Waals surface area contributed by atoms with Crippen LogP contribution in [-0.2, 0) is 4.79 Å². The lowest BCUT2D eigenvalue weighted by atomic mass is 10.2. The van der Waals surface area contributed by atoms with E-state index in [-0.39, 0.29) is 11.2 Å². The van der Waals surface area contributed by atoms with Gasteiger partial charge in [-0.15, -0.1) is 0 Å². The van der Waals surface area contributed by atoms with Gasteiger partial charge in [0.25, 0.3) is 0 Å². The minimum Gasteiger partial charge on any atom is -0.373 e. The average molecular weight is 407 g/mol. The molecule has 0 saturated heterocycles. The zero-order valence-electron chi connectivity index (χ0n) is 16.7. The Bertz CT molecular complexity index is 877. The van der Waals surface area contributed by atoms with Crippen molar-refractivity contribution < 1.29 is 4.79 Å². The number of anilines is 2. The van der Waals surface area contributed by atoms with Crippen LogP contribution in [-0.4, -0.2) is 43.4 Å². The van der Waals surface area contributed by atoms with Crippen molar-refractivity contribution in [2.24, 2.45) is 0 Å². The first kappa shape index (κ1) is 20.7. The van der Waals surface area contributed by atoms with Gasteiger partial charge in [-0.25, -0.2) is 4.98 Å². The molecule has 2 aromatic carbocycles. The third-order valence-electron chi connectivity index (χ3n) is 4.52. The molecule has 0 aliphatic rings. The number of benzene rings is 2. The molecule has 29 heavy (non-hydrogen) atoms. The first-order chi connectivity index (χ1) is 14.1. The van der Waals surface area contributed by atoms with Gasteiger partial charge in [-0.1, -0.05) is 54.2 Å². The Morgan fingerprint density at radius 1 is 0.897 bits per heavy atom. The van der Waals surface area contributed by atoms with Gasteiger partial charge in [-0.2, -0.15) is 0 Å². The van der Waals surface area contributed by atoms with E-state index in [0.29, 0.717) is 13.2 Å². The van der Waals surface area contributed by atoms with E-state index in [0.717, 1.165) is 16.4 Å². The van der Waals surface area contributed by atoms with E-state index in [4.69, 9.17) is 0 Å². The van der Waals surface area contributed by atoms with Crippen molar-refractivity contribution >= 4 is 29.0 Å². The first-order valence-corrected chi connectivity index (χ1v) is 10.4. The summed E-state index contributed by atoms with van der Waals surface area (Å²) in [6.07, 6.45) is 1.75.